The lowest BCUT2D eigenvalue weighted by atomic mass is 9.94. The lowest BCUT2D eigenvalue weighted by molar-refractivity contribution is -0.130. The zero-order chi connectivity index (χ0) is 40.4. The summed E-state index contributed by atoms with van der Waals surface area (Å²) in [4.78, 5) is 26.9. The van der Waals surface area contributed by atoms with Gasteiger partial charge in [-0.05, 0) is 163 Å². The molecule has 5 nitrogen and oxygen atoms in total. The summed E-state index contributed by atoms with van der Waals surface area (Å²) < 4.78 is 11.1. The number of ether oxygens (including phenoxy) is 2. The molecule has 0 atom stereocenters. The van der Waals surface area contributed by atoms with Gasteiger partial charge >= 0.3 is 11.9 Å². The van der Waals surface area contributed by atoms with Crippen molar-refractivity contribution in [3.8, 4) is 11.5 Å². The van der Waals surface area contributed by atoms with Crippen molar-refractivity contribution >= 4 is 62.2 Å². The van der Waals surface area contributed by atoms with Crippen LogP contribution in [-0.4, -0.2) is 11.9 Å². The standard InChI is InChI=1S/C52H45NO4/c1-32(2)51(54)56-46-23-19-41-30-49(36(7)25-43(41)28-46)53(50-31-42-20-24-47(57-52(55)33(3)4)29-44(42)26-37(50)8)45-21-13-38(14-22-45)27-48(39-15-9-34(5)10-16-39)40-17-11-35(6)12-18-40/h9-31H,1,3H2,2,4-8H3. The van der Waals surface area contributed by atoms with E-state index in [1.165, 1.54) is 11.1 Å². The third-order valence-corrected chi connectivity index (χ3v) is 10.0. The average Bonchev–Trinajstić information content (AvgIpc) is 3.18. The molecule has 0 saturated heterocycles. The Bertz CT molecular complexity index is 2570. The predicted octanol–water partition coefficient (Wildman–Crippen LogP) is 13.2. The number of esters is 2. The summed E-state index contributed by atoms with van der Waals surface area (Å²) in [6, 6.07) is 46.0. The van der Waals surface area contributed by atoms with Gasteiger partial charge in [0.05, 0.1) is 0 Å². The van der Waals surface area contributed by atoms with Crippen LogP contribution >= 0.6 is 0 Å². The molecule has 0 fully saturated rings. The summed E-state index contributed by atoms with van der Waals surface area (Å²) in [5.74, 6) is 0.0321. The molecular weight excluding hydrogens is 703 g/mol. The monoisotopic (exact) mass is 747 g/mol. The van der Waals surface area contributed by atoms with Crippen LogP contribution in [0.5, 0.6) is 11.5 Å². The molecule has 0 bridgehead atoms. The molecule has 282 valence electrons. The van der Waals surface area contributed by atoms with E-state index in [0.717, 1.165) is 72.0 Å². The first-order chi connectivity index (χ1) is 27.3. The number of aryl methyl sites for hydroxylation is 4. The Morgan fingerprint density at radius 1 is 0.509 bits per heavy atom. The van der Waals surface area contributed by atoms with Crippen LogP contribution in [0.15, 0.2) is 158 Å². The lowest BCUT2D eigenvalue weighted by Gasteiger charge is -2.29. The van der Waals surface area contributed by atoms with E-state index >= 15 is 0 Å². The molecule has 0 radical (unpaired) electrons. The molecule has 0 aliphatic rings. The van der Waals surface area contributed by atoms with Gasteiger partial charge in [-0.2, -0.15) is 0 Å². The van der Waals surface area contributed by atoms with Gasteiger partial charge in [-0.25, -0.2) is 9.59 Å². The molecule has 57 heavy (non-hydrogen) atoms. The Morgan fingerprint density at radius 2 is 0.930 bits per heavy atom. The summed E-state index contributed by atoms with van der Waals surface area (Å²) >= 11 is 0. The van der Waals surface area contributed by atoms with Crippen LogP contribution < -0.4 is 14.4 Å². The first-order valence-corrected chi connectivity index (χ1v) is 18.9. The molecule has 0 N–H and O–H groups in total. The van der Waals surface area contributed by atoms with E-state index in [2.05, 4.69) is 149 Å². The fraction of sp³-hybridized carbons (Fsp3) is 0.115. The summed E-state index contributed by atoms with van der Waals surface area (Å²) in [5, 5.41) is 3.91. The molecule has 5 heteroatoms. The molecule has 0 heterocycles. The zero-order valence-electron chi connectivity index (χ0n) is 33.3. The van der Waals surface area contributed by atoms with Gasteiger partial charge in [-0.15, -0.1) is 0 Å². The first kappa shape index (κ1) is 38.3. The molecule has 0 aromatic heterocycles. The van der Waals surface area contributed by atoms with Crippen molar-refractivity contribution in [2.75, 3.05) is 4.90 Å². The third-order valence-electron chi connectivity index (χ3n) is 10.0. The maximum atomic E-state index is 12.3. The molecule has 0 spiro atoms. The predicted molar refractivity (Wildman–Crippen MR) is 236 cm³/mol. The SMILES string of the molecule is C=C(C)C(=O)Oc1ccc2cc(N(c3ccc(C=C(c4ccc(C)cc4)c4ccc(C)cc4)cc3)c3cc4ccc(OC(=O)C(=C)C)cc4cc3C)c(C)cc2c1. The van der Waals surface area contributed by atoms with Gasteiger partial charge in [0.1, 0.15) is 11.5 Å². The molecule has 0 amide bonds. The van der Waals surface area contributed by atoms with Crippen molar-refractivity contribution in [2.45, 2.75) is 41.5 Å². The van der Waals surface area contributed by atoms with Crippen molar-refractivity contribution in [2.24, 2.45) is 0 Å². The Balaban J connectivity index is 1.35. The number of hydrogen-bond acceptors (Lipinski definition) is 5. The van der Waals surface area contributed by atoms with Gasteiger partial charge in [-0.3, -0.25) is 0 Å². The van der Waals surface area contributed by atoms with Crippen LogP contribution in [0, 0.1) is 27.7 Å². The van der Waals surface area contributed by atoms with Crippen molar-refractivity contribution < 1.29 is 19.1 Å². The summed E-state index contributed by atoms with van der Waals surface area (Å²) in [7, 11) is 0. The number of benzene rings is 7. The van der Waals surface area contributed by atoms with E-state index in [9.17, 15) is 9.59 Å². The minimum absolute atomic E-state index is 0.343. The average molecular weight is 748 g/mol. The van der Waals surface area contributed by atoms with Crippen LogP contribution in [0.4, 0.5) is 17.1 Å². The van der Waals surface area contributed by atoms with Crippen molar-refractivity contribution in [1.82, 2.24) is 0 Å². The molecule has 0 saturated carbocycles. The topological polar surface area (TPSA) is 55.8 Å². The third kappa shape index (κ3) is 8.48. The van der Waals surface area contributed by atoms with Gasteiger partial charge in [0.25, 0.3) is 0 Å². The number of hydrogen-bond donors (Lipinski definition) is 0. The second-order valence-corrected chi connectivity index (χ2v) is 14.9. The summed E-state index contributed by atoms with van der Waals surface area (Å²) in [6.07, 6.45) is 2.25. The lowest BCUT2D eigenvalue weighted by Crippen LogP contribution is -2.13. The molecule has 7 aromatic carbocycles. The van der Waals surface area contributed by atoms with Crippen LogP contribution in [0.2, 0.25) is 0 Å². The van der Waals surface area contributed by atoms with Crippen LogP contribution in [-0.2, 0) is 9.59 Å². The van der Waals surface area contributed by atoms with Gasteiger partial charge in [0, 0.05) is 28.2 Å². The van der Waals surface area contributed by atoms with E-state index in [1.807, 2.05) is 36.4 Å². The van der Waals surface area contributed by atoms with E-state index < -0.39 is 11.9 Å². The number of carbonyl (C=O) groups is 2. The highest BCUT2D eigenvalue weighted by molar-refractivity contribution is 5.97. The Kier molecular flexibility index (Phi) is 10.8. The number of nitrogens with zero attached hydrogens (tertiary/aromatic N) is 1. The van der Waals surface area contributed by atoms with E-state index in [-0.39, 0.29) is 0 Å². The summed E-state index contributed by atoms with van der Waals surface area (Å²) in [6.45, 7) is 19.1. The largest absolute Gasteiger partial charge is 0.423 e. The summed E-state index contributed by atoms with van der Waals surface area (Å²) in [5.41, 5.74) is 12.7. The number of fused-ring (bicyclic) bond motifs is 2. The molecule has 7 rings (SSSR count). The van der Waals surface area contributed by atoms with E-state index in [0.29, 0.717) is 22.6 Å². The number of rotatable bonds is 10. The first-order valence-electron chi connectivity index (χ1n) is 18.9. The van der Waals surface area contributed by atoms with Gasteiger partial charge in [0.2, 0.25) is 0 Å². The maximum absolute atomic E-state index is 12.3. The number of carbonyl (C=O) groups excluding carboxylic acids is 2. The fourth-order valence-electron chi connectivity index (χ4n) is 6.85. The zero-order valence-corrected chi connectivity index (χ0v) is 33.3. The Hall–Kier alpha value is -6.98. The fourth-order valence-corrected chi connectivity index (χ4v) is 6.85. The van der Waals surface area contributed by atoms with E-state index in [4.69, 9.17) is 9.47 Å². The van der Waals surface area contributed by atoms with Crippen LogP contribution in [0.1, 0.15) is 52.8 Å². The molecule has 0 unspecified atom stereocenters. The molecule has 0 aliphatic heterocycles. The van der Waals surface area contributed by atoms with Gasteiger partial charge in [-0.1, -0.05) is 97.1 Å². The van der Waals surface area contributed by atoms with Crippen molar-refractivity contribution in [1.29, 1.82) is 0 Å². The highest BCUT2D eigenvalue weighted by Crippen LogP contribution is 2.42. The van der Waals surface area contributed by atoms with Crippen molar-refractivity contribution in [3.05, 3.63) is 197 Å². The van der Waals surface area contributed by atoms with Crippen molar-refractivity contribution in [3.63, 3.8) is 0 Å². The minimum Gasteiger partial charge on any atom is -0.423 e. The normalized spacial score (nSPS) is 10.9. The van der Waals surface area contributed by atoms with Gasteiger partial charge < -0.3 is 14.4 Å². The van der Waals surface area contributed by atoms with Crippen LogP contribution in [0.3, 0.4) is 0 Å². The Morgan fingerprint density at radius 3 is 1.33 bits per heavy atom. The van der Waals surface area contributed by atoms with E-state index in [1.54, 1.807) is 13.8 Å². The molecular formula is C52H45NO4. The Labute approximate surface area is 334 Å². The van der Waals surface area contributed by atoms with Gasteiger partial charge in [0.15, 0.2) is 0 Å². The minimum atomic E-state index is -0.454. The molecule has 0 aliphatic carbocycles. The smallest absolute Gasteiger partial charge is 0.338 e. The number of anilines is 3. The highest BCUT2D eigenvalue weighted by atomic mass is 16.5. The second kappa shape index (κ2) is 16.0. The van der Waals surface area contributed by atoms with Crippen LogP contribution in [0.25, 0.3) is 33.2 Å². The quantitative estimate of drug-likeness (QED) is 0.0603. The molecule has 7 aromatic rings. The highest BCUT2D eigenvalue weighted by Gasteiger charge is 2.20. The maximum Gasteiger partial charge on any atom is 0.338 e. The second-order valence-electron chi connectivity index (χ2n) is 14.9.